The molecule has 1 N–H and O–H groups in total. The third-order valence-corrected chi connectivity index (χ3v) is 4.16. The first-order valence-corrected chi connectivity index (χ1v) is 8.72. The smallest absolute Gasteiger partial charge is 0.417 e. The lowest BCUT2D eigenvalue weighted by Gasteiger charge is -2.21. The number of carbonyl (C=O) groups excluding carboxylic acids is 1. The van der Waals surface area contributed by atoms with Crippen molar-refractivity contribution in [1.29, 1.82) is 0 Å². The molecular weight excluding hydrogens is 407 g/mol. The fraction of sp³-hybridized carbons (Fsp3) is 0.100. The van der Waals surface area contributed by atoms with Gasteiger partial charge in [0.15, 0.2) is 0 Å². The molecule has 0 saturated carbocycles. The van der Waals surface area contributed by atoms with Gasteiger partial charge in [-0.1, -0.05) is 17.7 Å². The van der Waals surface area contributed by atoms with E-state index in [4.69, 9.17) is 16.3 Å². The zero-order chi connectivity index (χ0) is 21.0. The van der Waals surface area contributed by atoms with E-state index < -0.39 is 16.8 Å². The summed E-state index contributed by atoms with van der Waals surface area (Å²) < 4.78 is 44.9. The van der Waals surface area contributed by atoms with E-state index in [9.17, 15) is 18.0 Å². The summed E-state index contributed by atoms with van der Waals surface area (Å²) in [5.41, 5.74) is 2.82. The first-order chi connectivity index (χ1) is 13.8. The Kier molecular flexibility index (Phi) is 5.93. The fourth-order valence-electron chi connectivity index (χ4n) is 2.52. The molecule has 0 radical (unpaired) electrons. The van der Waals surface area contributed by atoms with Gasteiger partial charge in [0, 0.05) is 24.0 Å². The van der Waals surface area contributed by atoms with E-state index in [-0.39, 0.29) is 5.69 Å². The summed E-state index contributed by atoms with van der Waals surface area (Å²) >= 11 is 5.63. The van der Waals surface area contributed by atoms with Crippen LogP contribution < -0.4 is 15.2 Å². The van der Waals surface area contributed by atoms with Crippen LogP contribution in [0.25, 0.3) is 0 Å². The summed E-state index contributed by atoms with van der Waals surface area (Å²) in [4.78, 5) is 15.6. The predicted molar refractivity (Wildman–Crippen MR) is 104 cm³/mol. The molecule has 5 nitrogen and oxygen atoms in total. The van der Waals surface area contributed by atoms with Crippen molar-refractivity contribution in [2.45, 2.75) is 13.1 Å². The Bertz CT molecular complexity index is 1030. The van der Waals surface area contributed by atoms with E-state index in [0.717, 1.165) is 22.8 Å². The topological polar surface area (TPSA) is 54.5 Å². The number of hydrazine groups is 1. The second-order valence-electron chi connectivity index (χ2n) is 6.01. The molecule has 2 aromatic carbocycles. The number of amides is 1. The molecule has 0 atom stereocenters. The Morgan fingerprint density at radius 1 is 1.10 bits per heavy atom. The van der Waals surface area contributed by atoms with Gasteiger partial charge in [0.2, 0.25) is 6.41 Å². The van der Waals surface area contributed by atoms with Gasteiger partial charge in [0.1, 0.15) is 11.5 Å². The highest BCUT2D eigenvalue weighted by molar-refractivity contribution is 6.31. The highest BCUT2D eigenvalue weighted by Gasteiger charge is 2.33. The summed E-state index contributed by atoms with van der Waals surface area (Å²) in [5, 5.41) is 0.609. The minimum atomic E-state index is -4.61. The number of rotatable bonds is 6. The average molecular weight is 422 g/mol. The number of carbonyl (C=O) groups is 1. The van der Waals surface area contributed by atoms with Crippen molar-refractivity contribution in [3.8, 4) is 11.5 Å². The Balaban J connectivity index is 1.83. The van der Waals surface area contributed by atoms with Crippen molar-refractivity contribution in [3.05, 3.63) is 77.1 Å². The molecule has 0 bridgehead atoms. The summed E-state index contributed by atoms with van der Waals surface area (Å²) in [6.07, 6.45) is -2.57. The fourth-order valence-corrected chi connectivity index (χ4v) is 2.74. The summed E-state index contributed by atoms with van der Waals surface area (Å²) in [6, 6.07) is 13.2. The summed E-state index contributed by atoms with van der Waals surface area (Å²) in [5.74, 6) is 1.00. The number of pyridine rings is 1. The van der Waals surface area contributed by atoms with Crippen molar-refractivity contribution in [2.75, 3.05) is 10.4 Å². The number of halogens is 4. The van der Waals surface area contributed by atoms with Crippen LogP contribution in [0.4, 0.5) is 24.5 Å². The molecule has 0 aliphatic heterocycles. The van der Waals surface area contributed by atoms with Crippen LogP contribution in [-0.2, 0) is 11.0 Å². The van der Waals surface area contributed by atoms with Crippen LogP contribution in [-0.4, -0.2) is 11.4 Å². The quantitative estimate of drug-likeness (QED) is 0.401. The third kappa shape index (κ3) is 5.17. The molecular formula is C20H15ClF3N3O2. The maximum Gasteiger partial charge on any atom is 0.417 e. The average Bonchev–Trinajstić information content (AvgIpc) is 2.66. The number of aryl methyl sites for hydroxylation is 1. The zero-order valence-electron chi connectivity index (χ0n) is 15.1. The van der Waals surface area contributed by atoms with Gasteiger partial charge in [-0.2, -0.15) is 13.2 Å². The molecule has 0 spiro atoms. The monoisotopic (exact) mass is 421 g/mol. The van der Waals surface area contributed by atoms with Gasteiger partial charge in [-0.15, -0.1) is 0 Å². The highest BCUT2D eigenvalue weighted by Crippen LogP contribution is 2.36. The van der Waals surface area contributed by atoms with E-state index in [0.29, 0.717) is 23.6 Å². The summed E-state index contributed by atoms with van der Waals surface area (Å²) in [6.45, 7) is 1.82. The Morgan fingerprint density at radius 3 is 2.55 bits per heavy atom. The molecule has 1 amide bonds. The lowest BCUT2D eigenvalue weighted by atomic mass is 10.2. The highest BCUT2D eigenvalue weighted by atomic mass is 35.5. The molecule has 3 rings (SSSR count). The van der Waals surface area contributed by atoms with E-state index in [1.54, 1.807) is 42.6 Å². The van der Waals surface area contributed by atoms with Crippen LogP contribution in [0, 0.1) is 6.92 Å². The largest absolute Gasteiger partial charge is 0.457 e. The van der Waals surface area contributed by atoms with E-state index in [1.165, 1.54) is 6.07 Å². The second-order valence-corrected chi connectivity index (χ2v) is 6.42. The van der Waals surface area contributed by atoms with Crippen molar-refractivity contribution in [2.24, 2.45) is 0 Å². The lowest BCUT2D eigenvalue weighted by molar-refractivity contribution is -0.137. The molecule has 0 fully saturated rings. The molecule has 0 aliphatic carbocycles. The molecule has 29 heavy (non-hydrogen) atoms. The maximum absolute atomic E-state index is 13.0. The van der Waals surface area contributed by atoms with E-state index in [2.05, 4.69) is 10.4 Å². The first kappa shape index (κ1) is 20.5. The number of benzene rings is 2. The molecule has 0 aliphatic rings. The maximum atomic E-state index is 13.0. The lowest BCUT2D eigenvalue weighted by Crippen LogP contribution is -2.28. The van der Waals surface area contributed by atoms with Gasteiger partial charge in [-0.05, 0) is 43.3 Å². The molecule has 150 valence electrons. The van der Waals surface area contributed by atoms with Crippen LogP contribution in [0.15, 0.2) is 60.8 Å². The Labute approximate surface area is 169 Å². The van der Waals surface area contributed by atoms with E-state index >= 15 is 0 Å². The number of nitrogens with zero attached hydrogens (tertiary/aromatic N) is 2. The number of alkyl halides is 3. The number of anilines is 2. The predicted octanol–water partition coefficient (Wildman–Crippen LogP) is 5.84. The van der Waals surface area contributed by atoms with Crippen molar-refractivity contribution in [3.63, 3.8) is 0 Å². The Morgan fingerprint density at radius 2 is 1.86 bits per heavy atom. The van der Waals surface area contributed by atoms with Crippen molar-refractivity contribution >= 4 is 29.4 Å². The SMILES string of the molecule is Cc1cc(Oc2cccc(N(C=O)Nc3ccc(Cl)c(C(F)(F)F)c3)c2)ccn1. The number of nitrogens with one attached hydrogen (secondary N) is 1. The molecule has 1 aromatic heterocycles. The van der Waals surface area contributed by atoms with Crippen LogP contribution in [0.3, 0.4) is 0 Å². The van der Waals surface area contributed by atoms with Crippen molar-refractivity contribution in [1.82, 2.24) is 4.98 Å². The second kappa shape index (κ2) is 8.40. The molecule has 0 unspecified atom stereocenters. The van der Waals surface area contributed by atoms with Gasteiger partial charge in [-0.25, -0.2) is 5.01 Å². The normalized spacial score (nSPS) is 11.1. The van der Waals surface area contributed by atoms with Crippen LogP contribution in [0.1, 0.15) is 11.3 Å². The molecule has 9 heteroatoms. The standard InChI is InChI=1S/C20H15ClF3N3O2/c1-13-9-17(7-8-25-13)29-16-4-2-3-15(11-16)27(12-28)26-14-5-6-19(21)18(10-14)20(22,23)24/h2-12,26H,1H3. The molecule has 1 heterocycles. The van der Waals surface area contributed by atoms with Crippen LogP contribution >= 0.6 is 11.6 Å². The number of aromatic nitrogens is 1. The zero-order valence-corrected chi connectivity index (χ0v) is 15.8. The van der Waals surface area contributed by atoms with Gasteiger partial charge >= 0.3 is 6.18 Å². The van der Waals surface area contributed by atoms with Gasteiger partial charge in [-0.3, -0.25) is 15.2 Å². The molecule has 0 saturated heterocycles. The van der Waals surface area contributed by atoms with Gasteiger partial charge in [0.05, 0.1) is 22.0 Å². The number of ether oxygens (including phenoxy) is 1. The van der Waals surface area contributed by atoms with Crippen LogP contribution in [0.2, 0.25) is 5.02 Å². The summed E-state index contributed by atoms with van der Waals surface area (Å²) in [7, 11) is 0. The molecule has 3 aromatic rings. The third-order valence-electron chi connectivity index (χ3n) is 3.83. The number of hydrogen-bond donors (Lipinski definition) is 1. The first-order valence-electron chi connectivity index (χ1n) is 8.35. The van der Waals surface area contributed by atoms with Gasteiger partial charge in [0.25, 0.3) is 0 Å². The minimum absolute atomic E-state index is 0.0462. The Hall–Kier alpha value is -3.26. The minimum Gasteiger partial charge on any atom is -0.457 e. The number of hydrogen-bond acceptors (Lipinski definition) is 4. The van der Waals surface area contributed by atoms with Gasteiger partial charge < -0.3 is 4.74 Å². The van der Waals surface area contributed by atoms with Crippen molar-refractivity contribution < 1.29 is 22.7 Å². The van der Waals surface area contributed by atoms with Crippen LogP contribution in [0.5, 0.6) is 11.5 Å². The van der Waals surface area contributed by atoms with E-state index in [1.807, 2.05) is 6.92 Å².